The van der Waals surface area contributed by atoms with Gasteiger partial charge in [0.15, 0.2) is 0 Å². The molecule has 0 bridgehead atoms. The van der Waals surface area contributed by atoms with Crippen LogP contribution in [0.15, 0.2) is 24.5 Å². The van der Waals surface area contributed by atoms with Crippen LogP contribution in [-0.2, 0) is 12.8 Å². The Labute approximate surface area is 106 Å². The molecule has 4 heteroatoms. The van der Waals surface area contributed by atoms with Crippen molar-refractivity contribution in [2.24, 2.45) is 5.73 Å². The second-order valence-corrected chi connectivity index (χ2v) is 5.37. The van der Waals surface area contributed by atoms with Crippen molar-refractivity contribution in [2.75, 3.05) is 0 Å². The van der Waals surface area contributed by atoms with Crippen LogP contribution in [0.25, 0.3) is 0 Å². The molecule has 0 amide bonds. The van der Waals surface area contributed by atoms with Crippen LogP contribution in [0.3, 0.4) is 0 Å². The lowest BCUT2D eigenvalue weighted by molar-refractivity contribution is 0.696. The Bertz CT molecular complexity index is 476. The van der Waals surface area contributed by atoms with Gasteiger partial charge in [-0.3, -0.25) is 9.97 Å². The number of aromatic nitrogens is 2. The number of thiophene rings is 1. The Balaban J connectivity index is 2.05. The van der Waals surface area contributed by atoms with E-state index in [9.17, 15) is 0 Å². The topological polar surface area (TPSA) is 51.8 Å². The minimum Gasteiger partial charge on any atom is -0.322 e. The van der Waals surface area contributed by atoms with Crippen LogP contribution < -0.4 is 5.73 Å². The van der Waals surface area contributed by atoms with Crippen molar-refractivity contribution in [1.29, 1.82) is 0 Å². The minimum absolute atomic E-state index is 0.0635. The van der Waals surface area contributed by atoms with Crippen molar-refractivity contribution in [3.8, 4) is 0 Å². The lowest BCUT2D eigenvalue weighted by Gasteiger charge is -2.09. The van der Waals surface area contributed by atoms with E-state index in [1.807, 2.05) is 18.3 Å². The summed E-state index contributed by atoms with van der Waals surface area (Å²) < 4.78 is 0. The van der Waals surface area contributed by atoms with Crippen LogP contribution in [0.2, 0.25) is 0 Å². The van der Waals surface area contributed by atoms with Crippen LogP contribution in [0.4, 0.5) is 0 Å². The minimum atomic E-state index is -0.0635. The van der Waals surface area contributed by atoms with Gasteiger partial charge in [0.05, 0.1) is 23.6 Å². The smallest absolute Gasteiger partial charge is 0.0757 e. The highest BCUT2D eigenvalue weighted by Gasteiger charge is 2.10. The van der Waals surface area contributed by atoms with Crippen molar-refractivity contribution in [2.45, 2.75) is 32.7 Å². The molecule has 0 saturated carbocycles. The largest absolute Gasteiger partial charge is 0.322 e. The molecule has 0 saturated heterocycles. The average Bonchev–Trinajstić information content (AvgIpc) is 2.77. The summed E-state index contributed by atoms with van der Waals surface area (Å²) >= 11 is 1.83. The third kappa shape index (κ3) is 3.11. The van der Waals surface area contributed by atoms with E-state index in [2.05, 4.69) is 29.0 Å². The van der Waals surface area contributed by atoms with Gasteiger partial charge >= 0.3 is 0 Å². The molecule has 0 aliphatic carbocycles. The van der Waals surface area contributed by atoms with E-state index < -0.39 is 0 Å². The van der Waals surface area contributed by atoms with E-state index in [-0.39, 0.29) is 6.04 Å². The maximum Gasteiger partial charge on any atom is 0.0757 e. The quantitative estimate of drug-likeness (QED) is 0.903. The van der Waals surface area contributed by atoms with Gasteiger partial charge < -0.3 is 5.73 Å². The van der Waals surface area contributed by atoms with E-state index in [4.69, 9.17) is 5.73 Å². The van der Waals surface area contributed by atoms with E-state index in [0.29, 0.717) is 0 Å². The molecule has 3 nitrogen and oxygen atoms in total. The van der Waals surface area contributed by atoms with Gasteiger partial charge in [0, 0.05) is 22.4 Å². The molecule has 0 aliphatic rings. The average molecular weight is 247 g/mol. The first-order valence-corrected chi connectivity index (χ1v) is 6.62. The zero-order valence-corrected chi connectivity index (χ0v) is 11.0. The summed E-state index contributed by atoms with van der Waals surface area (Å²) in [6.07, 6.45) is 5.46. The van der Waals surface area contributed by atoms with E-state index >= 15 is 0 Å². The van der Waals surface area contributed by atoms with E-state index in [0.717, 1.165) is 24.2 Å². The molecule has 90 valence electrons. The third-order valence-corrected chi connectivity index (χ3v) is 3.92. The molecule has 17 heavy (non-hydrogen) atoms. The molecule has 0 fully saturated rings. The summed E-state index contributed by atoms with van der Waals surface area (Å²) in [5.41, 5.74) is 7.92. The normalized spacial score (nSPS) is 12.6. The maximum atomic E-state index is 6.13. The summed E-state index contributed by atoms with van der Waals surface area (Å²) in [5, 5.41) is 0. The van der Waals surface area contributed by atoms with Crippen LogP contribution in [-0.4, -0.2) is 9.97 Å². The number of hydrogen-bond donors (Lipinski definition) is 1. The van der Waals surface area contributed by atoms with Gasteiger partial charge in [-0.25, -0.2) is 0 Å². The van der Waals surface area contributed by atoms with Crippen molar-refractivity contribution in [3.63, 3.8) is 0 Å². The number of aryl methyl sites for hydroxylation is 2. The third-order valence-electron chi connectivity index (χ3n) is 2.67. The highest BCUT2D eigenvalue weighted by molar-refractivity contribution is 7.11. The van der Waals surface area contributed by atoms with Crippen LogP contribution in [0.1, 0.15) is 34.1 Å². The molecular formula is C13H17N3S. The molecule has 2 heterocycles. The second-order valence-electron chi connectivity index (χ2n) is 4.11. The first-order valence-electron chi connectivity index (χ1n) is 5.80. The summed E-state index contributed by atoms with van der Waals surface area (Å²) in [5.74, 6) is 0. The van der Waals surface area contributed by atoms with Crippen LogP contribution in [0, 0.1) is 6.92 Å². The fraction of sp³-hybridized carbons (Fsp3) is 0.385. The first-order chi connectivity index (χ1) is 8.19. The summed E-state index contributed by atoms with van der Waals surface area (Å²) in [7, 11) is 0. The van der Waals surface area contributed by atoms with Gasteiger partial charge in [0.1, 0.15) is 0 Å². The van der Waals surface area contributed by atoms with Gasteiger partial charge in [-0.15, -0.1) is 11.3 Å². The molecule has 1 atom stereocenters. The fourth-order valence-corrected chi connectivity index (χ4v) is 2.65. The van der Waals surface area contributed by atoms with Crippen molar-refractivity contribution in [1.82, 2.24) is 9.97 Å². The molecular weight excluding hydrogens is 230 g/mol. The molecule has 0 radical (unpaired) electrons. The molecule has 2 aromatic rings. The van der Waals surface area contributed by atoms with Gasteiger partial charge in [0.25, 0.3) is 0 Å². The summed E-state index contributed by atoms with van der Waals surface area (Å²) in [6.45, 7) is 4.09. The molecule has 1 unspecified atom stereocenters. The zero-order chi connectivity index (χ0) is 12.3. The second kappa shape index (κ2) is 5.38. The monoisotopic (exact) mass is 247 g/mol. The maximum absolute atomic E-state index is 6.13. The lowest BCUT2D eigenvalue weighted by Crippen LogP contribution is -2.14. The van der Waals surface area contributed by atoms with E-state index in [1.165, 1.54) is 9.75 Å². The molecule has 2 N–H and O–H groups in total. The van der Waals surface area contributed by atoms with E-state index in [1.54, 1.807) is 12.4 Å². The summed E-state index contributed by atoms with van der Waals surface area (Å²) in [4.78, 5) is 11.3. The molecule has 2 rings (SSSR count). The summed E-state index contributed by atoms with van der Waals surface area (Å²) in [6, 6.07) is 4.27. The molecule has 2 aromatic heterocycles. The van der Waals surface area contributed by atoms with Gasteiger partial charge in [-0.1, -0.05) is 6.92 Å². The predicted molar refractivity (Wildman–Crippen MR) is 71.1 cm³/mol. The molecule has 0 aromatic carbocycles. The highest BCUT2D eigenvalue weighted by atomic mass is 32.1. The molecule has 0 aliphatic heterocycles. The van der Waals surface area contributed by atoms with Gasteiger partial charge in [-0.05, 0) is 25.5 Å². The van der Waals surface area contributed by atoms with Crippen molar-refractivity contribution >= 4 is 11.3 Å². The van der Waals surface area contributed by atoms with Crippen molar-refractivity contribution in [3.05, 3.63) is 45.7 Å². The first kappa shape index (κ1) is 12.2. The zero-order valence-electron chi connectivity index (χ0n) is 10.2. The van der Waals surface area contributed by atoms with Gasteiger partial charge in [0.2, 0.25) is 0 Å². The molecule has 0 spiro atoms. The predicted octanol–water partition coefficient (Wildman–Crippen LogP) is 2.65. The Hall–Kier alpha value is -1.26. The number of nitrogens with zero attached hydrogens (tertiary/aromatic N) is 2. The Kier molecular flexibility index (Phi) is 3.86. The highest BCUT2D eigenvalue weighted by Crippen LogP contribution is 2.21. The standard InChI is InChI=1S/C13H17N3S/c1-3-10-4-5-11(17-10)6-12(14)13-8-15-9(2)7-16-13/h4-5,7-8,12H,3,6,14H2,1-2H3. The lowest BCUT2D eigenvalue weighted by atomic mass is 10.1. The van der Waals surface area contributed by atoms with Crippen molar-refractivity contribution < 1.29 is 0 Å². The van der Waals surface area contributed by atoms with Gasteiger partial charge in [-0.2, -0.15) is 0 Å². The number of rotatable bonds is 4. The fourth-order valence-electron chi connectivity index (χ4n) is 1.64. The Morgan fingerprint density at radius 3 is 2.59 bits per heavy atom. The number of nitrogens with two attached hydrogens (primary N) is 1. The number of hydrogen-bond acceptors (Lipinski definition) is 4. The SMILES string of the molecule is CCc1ccc(CC(N)c2cnc(C)cn2)s1. The Morgan fingerprint density at radius 1 is 1.24 bits per heavy atom. The van der Waals surface area contributed by atoms with Crippen LogP contribution in [0.5, 0.6) is 0 Å². The Morgan fingerprint density at radius 2 is 2.00 bits per heavy atom. The van der Waals surface area contributed by atoms with Crippen LogP contribution >= 0.6 is 11.3 Å².